The molecule has 1 unspecified atom stereocenters. The van der Waals surface area contributed by atoms with E-state index in [2.05, 4.69) is 16.0 Å². The molecule has 0 aromatic heterocycles. The molecule has 5 N–H and O–H groups in total. The van der Waals surface area contributed by atoms with Crippen molar-refractivity contribution >= 4 is 47.3 Å². The number of hydrogen-bond acceptors (Lipinski definition) is 4. The summed E-state index contributed by atoms with van der Waals surface area (Å²) in [4.78, 5) is 23.4. The van der Waals surface area contributed by atoms with Crippen molar-refractivity contribution in [1.29, 1.82) is 0 Å². The van der Waals surface area contributed by atoms with Crippen LogP contribution in [0.3, 0.4) is 0 Å². The Morgan fingerprint density at radius 1 is 1.32 bits per heavy atom. The largest absolute Gasteiger partial charge is 0.397 e. The molecule has 2 heterocycles. The molecule has 0 saturated carbocycles. The second-order valence-corrected chi connectivity index (χ2v) is 4.84. The molecule has 2 aliphatic heterocycles. The number of imide groups is 1. The molecule has 1 aromatic rings. The summed E-state index contributed by atoms with van der Waals surface area (Å²) in [5.74, 6) is -0.364. The lowest BCUT2D eigenvalue weighted by molar-refractivity contribution is -0.124. The number of nitrogens with two attached hydrogens (primary N) is 1. The van der Waals surface area contributed by atoms with Crippen LogP contribution in [0.2, 0.25) is 5.02 Å². The van der Waals surface area contributed by atoms with E-state index in [1.54, 1.807) is 12.1 Å². The summed E-state index contributed by atoms with van der Waals surface area (Å²) in [7, 11) is 0. The minimum Gasteiger partial charge on any atom is -0.397 e. The minimum atomic E-state index is -1.06. The Balaban J connectivity index is 0.00000133. The van der Waals surface area contributed by atoms with Gasteiger partial charge >= 0.3 is 6.03 Å². The van der Waals surface area contributed by atoms with Crippen molar-refractivity contribution in [2.75, 3.05) is 17.6 Å². The van der Waals surface area contributed by atoms with Gasteiger partial charge in [0.15, 0.2) is 0 Å². The van der Waals surface area contributed by atoms with Gasteiger partial charge in [0.25, 0.3) is 5.91 Å². The summed E-state index contributed by atoms with van der Waals surface area (Å²) in [6.45, 7) is 0.548. The van der Waals surface area contributed by atoms with Gasteiger partial charge in [-0.05, 0) is 12.1 Å². The minimum absolute atomic E-state index is 0. The van der Waals surface area contributed by atoms with Crippen LogP contribution < -0.4 is 21.7 Å². The van der Waals surface area contributed by atoms with Gasteiger partial charge < -0.3 is 16.4 Å². The predicted molar refractivity (Wildman–Crippen MR) is 74.6 cm³/mol. The van der Waals surface area contributed by atoms with E-state index in [1.165, 1.54) is 0 Å². The molecule has 3 amide bonds. The quantitative estimate of drug-likeness (QED) is 0.428. The second kappa shape index (κ2) is 4.47. The van der Waals surface area contributed by atoms with Crippen LogP contribution in [0.4, 0.5) is 16.2 Å². The Morgan fingerprint density at radius 2 is 2.05 bits per heavy atom. The first kappa shape index (κ1) is 13.8. The zero-order valence-corrected chi connectivity index (χ0v) is 11.3. The molecule has 1 fully saturated rings. The number of nitrogens with one attached hydrogen (secondary N) is 3. The molecule has 6 nitrogen and oxygen atoms in total. The van der Waals surface area contributed by atoms with Crippen LogP contribution in [0.15, 0.2) is 12.1 Å². The van der Waals surface area contributed by atoms with Gasteiger partial charge in [0, 0.05) is 23.6 Å². The van der Waals surface area contributed by atoms with Crippen LogP contribution in [0.5, 0.6) is 0 Å². The molecule has 1 atom stereocenters. The number of benzene rings is 1. The van der Waals surface area contributed by atoms with Crippen molar-refractivity contribution in [2.45, 2.75) is 12.0 Å². The lowest BCUT2D eigenvalue weighted by Gasteiger charge is -2.34. The maximum atomic E-state index is 12.0. The molecule has 1 saturated heterocycles. The molecule has 8 heteroatoms. The molecule has 102 valence electrons. The highest BCUT2D eigenvalue weighted by Gasteiger charge is 2.50. The Hall–Kier alpha value is -1.66. The van der Waals surface area contributed by atoms with Crippen LogP contribution >= 0.6 is 24.0 Å². The Kier molecular flexibility index (Phi) is 3.24. The fraction of sp³-hybridized carbons (Fsp3) is 0.273. The first-order valence-electron chi connectivity index (χ1n) is 5.50. The first-order chi connectivity index (χ1) is 8.53. The van der Waals surface area contributed by atoms with Crippen LogP contribution in [0, 0.1) is 0 Å². The van der Waals surface area contributed by atoms with Crippen LogP contribution in [0.25, 0.3) is 0 Å². The number of halogens is 2. The summed E-state index contributed by atoms with van der Waals surface area (Å²) in [5.41, 5.74) is 6.56. The monoisotopic (exact) mass is 302 g/mol. The van der Waals surface area contributed by atoms with Crippen molar-refractivity contribution in [3.05, 3.63) is 22.7 Å². The normalized spacial score (nSPS) is 24.1. The number of hydrogen-bond donors (Lipinski definition) is 4. The summed E-state index contributed by atoms with van der Waals surface area (Å²) in [6, 6.07) is 2.78. The Morgan fingerprint density at radius 3 is 2.68 bits per heavy atom. The summed E-state index contributed by atoms with van der Waals surface area (Å²) >= 11 is 5.98. The van der Waals surface area contributed by atoms with E-state index < -0.39 is 11.6 Å². The number of fused-ring (bicyclic) bond motifs is 2. The molecule has 1 spiro atoms. The van der Waals surface area contributed by atoms with Gasteiger partial charge in [-0.25, -0.2) is 4.79 Å². The fourth-order valence-electron chi connectivity index (χ4n) is 2.53. The number of amides is 3. The topological polar surface area (TPSA) is 96.2 Å². The maximum Gasteiger partial charge on any atom is 0.322 e. The van der Waals surface area contributed by atoms with E-state index in [4.69, 9.17) is 17.3 Å². The van der Waals surface area contributed by atoms with Crippen molar-refractivity contribution in [3.8, 4) is 0 Å². The lowest BCUT2D eigenvalue weighted by atomic mass is 9.82. The van der Waals surface area contributed by atoms with Crippen LogP contribution in [0.1, 0.15) is 12.0 Å². The highest BCUT2D eigenvalue weighted by molar-refractivity contribution is 6.31. The van der Waals surface area contributed by atoms with Crippen molar-refractivity contribution in [1.82, 2.24) is 10.6 Å². The third kappa shape index (κ3) is 1.87. The molecule has 19 heavy (non-hydrogen) atoms. The highest BCUT2D eigenvalue weighted by atomic mass is 35.5. The number of carbonyl (C=O) groups excluding carboxylic acids is 2. The third-order valence-corrected chi connectivity index (χ3v) is 3.56. The number of urea groups is 1. The molecule has 3 rings (SSSR count). The molecule has 0 bridgehead atoms. The molecule has 0 aliphatic carbocycles. The van der Waals surface area contributed by atoms with E-state index in [1.807, 2.05) is 0 Å². The zero-order chi connectivity index (χ0) is 12.9. The van der Waals surface area contributed by atoms with E-state index in [-0.39, 0.29) is 18.3 Å². The van der Waals surface area contributed by atoms with Crippen LogP contribution in [-0.4, -0.2) is 18.5 Å². The molecule has 0 radical (unpaired) electrons. The van der Waals surface area contributed by atoms with Gasteiger partial charge in [0.05, 0.1) is 11.4 Å². The average molecular weight is 303 g/mol. The lowest BCUT2D eigenvalue weighted by Crippen LogP contribution is -2.48. The average Bonchev–Trinajstić information content (AvgIpc) is 2.56. The van der Waals surface area contributed by atoms with E-state index in [0.29, 0.717) is 34.9 Å². The summed E-state index contributed by atoms with van der Waals surface area (Å²) in [6.07, 6.45) is 0.456. The van der Waals surface area contributed by atoms with E-state index in [0.717, 1.165) is 0 Å². The number of anilines is 2. The molecular formula is C11H12Cl2N4O2. The first-order valence-corrected chi connectivity index (χ1v) is 5.88. The summed E-state index contributed by atoms with van der Waals surface area (Å²) < 4.78 is 0. The molecular weight excluding hydrogens is 291 g/mol. The third-order valence-electron chi connectivity index (χ3n) is 3.34. The van der Waals surface area contributed by atoms with E-state index >= 15 is 0 Å². The van der Waals surface area contributed by atoms with Crippen molar-refractivity contribution in [3.63, 3.8) is 0 Å². The van der Waals surface area contributed by atoms with Gasteiger partial charge in [0.2, 0.25) is 0 Å². The van der Waals surface area contributed by atoms with Crippen LogP contribution in [-0.2, 0) is 10.3 Å². The van der Waals surface area contributed by atoms with Gasteiger partial charge in [-0.1, -0.05) is 11.6 Å². The van der Waals surface area contributed by atoms with Gasteiger partial charge in [-0.15, -0.1) is 12.4 Å². The van der Waals surface area contributed by atoms with Gasteiger partial charge in [0.1, 0.15) is 5.54 Å². The number of nitrogen functional groups attached to an aromatic ring is 1. The molecule has 1 aromatic carbocycles. The number of carbonyl (C=O) groups is 2. The van der Waals surface area contributed by atoms with Crippen molar-refractivity contribution in [2.24, 2.45) is 0 Å². The van der Waals surface area contributed by atoms with Crippen molar-refractivity contribution < 1.29 is 9.59 Å². The molecule has 2 aliphatic rings. The standard InChI is InChI=1S/C11H11ClN4O2.ClH/c12-5-3-6-8(7(13)4-5)14-2-1-11(6)9(17)15-10(18)16-11;/h3-4,14H,1-2,13H2,(H2,15,16,17,18);1H. The maximum absolute atomic E-state index is 12.0. The van der Waals surface area contributed by atoms with Gasteiger partial charge in [-0.2, -0.15) is 0 Å². The fourth-order valence-corrected chi connectivity index (χ4v) is 2.76. The SMILES string of the molecule is Cl.Nc1cc(Cl)cc2c1NCCC21NC(=O)NC1=O. The summed E-state index contributed by atoms with van der Waals surface area (Å²) in [5, 5.41) is 8.50. The Labute approximate surface area is 120 Å². The smallest absolute Gasteiger partial charge is 0.322 e. The highest BCUT2D eigenvalue weighted by Crippen LogP contribution is 2.41. The number of rotatable bonds is 0. The second-order valence-electron chi connectivity index (χ2n) is 4.41. The van der Waals surface area contributed by atoms with Gasteiger partial charge in [-0.3, -0.25) is 10.1 Å². The Bertz CT molecular complexity index is 578. The predicted octanol–water partition coefficient (Wildman–Crippen LogP) is 1.19. The zero-order valence-electron chi connectivity index (χ0n) is 9.75. The van der Waals surface area contributed by atoms with E-state index in [9.17, 15) is 9.59 Å².